The number of carbonyl (C=O) groups is 1. The maximum Gasteiger partial charge on any atom is 0.304 e. The second-order valence-corrected chi connectivity index (χ2v) is 5.56. The molecule has 0 aromatic heterocycles. The molecule has 1 aromatic rings. The van der Waals surface area contributed by atoms with E-state index in [4.69, 9.17) is 26.2 Å². The van der Waals surface area contributed by atoms with Gasteiger partial charge >= 0.3 is 5.97 Å². The molecule has 5 heteroatoms. The van der Waals surface area contributed by atoms with Crippen LogP contribution in [0.1, 0.15) is 37.3 Å². The number of aliphatic carboxylic acids is 1. The van der Waals surface area contributed by atoms with Gasteiger partial charge < -0.3 is 14.6 Å². The van der Waals surface area contributed by atoms with E-state index in [1.165, 1.54) is 0 Å². The van der Waals surface area contributed by atoms with Crippen molar-refractivity contribution in [2.45, 2.75) is 38.0 Å². The van der Waals surface area contributed by atoms with Crippen LogP contribution in [0, 0.1) is 0 Å². The van der Waals surface area contributed by atoms with Crippen LogP contribution < -0.4 is 9.47 Å². The summed E-state index contributed by atoms with van der Waals surface area (Å²) in [6, 6.07) is 1.84. The van der Waals surface area contributed by atoms with Crippen LogP contribution in [0.2, 0.25) is 5.02 Å². The lowest BCUT2D eigenvalue weighted by Crippen LogP contribution is -2.16. The Balaban J connectivity index is 2.59. The first-order chi connectivity index (χ1) is 9.49. The fraction of sp³-hybridized carbons (Fsp3) is 0.533. The van der Waals surface area contributed by atoms with E-state index in [-0.39, 0.29) is 11.8 Å². The lowest BCUT2D eigenvalue weighted by molar-refractivity contribution is -0.137. The van der Waals surface area contributed by atoms with Crippen molar-refractivity contribution in [1.82, 2.24) is 0 Å². The highest BCUT2D eigenvalue weighted by molar-refractivity contribution is 6.32. The molecule has 0 amide bonds. The Labute approximate surface area is 123 Å². The highest BCUT2D eigenvalue weighted by Gasteiger charge is 2.48. The predicted octanol–water partition coefficient (Wildman–Crippen LogP) is 3.43. The van der Waals surface area contributed by atoms with Gasteiger partial charge in [-0.05, 0) is 30.9 Å². The van der Waals surface area contributed by atoms with Crippen LogP contribution >= 0.6 is 11.6 Å². The van der Waals surface area contributed by atoms with Gasteiger partial charge in [-0.15, -0.1) is 0 Å². The lowest BCUT2D eigenvalue weighted by atomic mass is 9.87. The molecule has 1 fully saturated rings. The predicted molar refractivity (Wildman–Crippen MR) is 77.1 cm³/mol. The molecule has 1 aliphatic carbocycles. The van der Waals surface area contributed by atoms with Crippen LogP contribution in [0.25, 0.3) is 0 Å². The Morgan fingerprint density at radius 1 is 1.35 bits per heavy atom. The summed E-state index contributed by atoms with van der Waals surface area (Å²) >= 11 is 6.26. The minimum Gasteiger partial charge on any atom is -0.493 e. The first-order valence-electron chi connectivity index (χ1n) is 6.64. The monoisotopic (exact) mass is 298 g/mol. The third-order valence-corrected chi connectivity index (χ3v) is 4.25. The van der Waals surface area contributed by atoms with Crippen LogP contribution in [0.5, 0.6) is 11.5 Å². The van der Waals surface area contributed by atoms with E-state index in [9.17, 15) is 4.79 Å². The van der Waals surface area contributed by atoms with Crippen LogP contribution in [0.4, 0.5) is 0 Å². The Morgan fingerprint density at radius 2 is 1.95 bits per heavy atom. The zero-order valence-corrected chi connectivity index (χ0v) is 12.7. The number of rotatable bonds is 6. The standard InChI is InChI=1S/C15H19ClO4/c1-4-9-10(15(5-6-15)8-12(17)18)7-11(16)14(20-3)13(9)19-2/h7H,4-6,8H2,1-3H3,(H,17,18). The summed E-state index contributed by atoms with van der Waals surface area (Å²) in [5, 5.41) is 9.59. The molecule has 20 heavy (non-hydrogen) atoms. The lowest BCUT2D eigenvalue weighted by Gasteiger charge is -2.22. The number of benzene rings is 1. The topological polar surface area (TPSA) is 55.8 Å². The van der Waals surface area contributed by atoms with Gasteiger partial charge in [0.15, 0.2) is 11.5 Å². The molecular formula is C15H19ClO4. The van der Waals surface area contributed by atoms with Gasteiger partial charge in [0.2, 0.25) is 0 Å². The van der Waals surface area contributed by atoms with Crippen molar-refractivity contribution in [3.8, 4) is 11.5 Å². The molecule has 1 aromatic carbocycles. The van der Waals surface area contributed by atoms with Crippen molar-refractivity contribution in [3.63, 3.8) is 0 Å². The second-order valence-electron chi connectivity index (χ2n) is 5.16. The number of ether oxygens (including phenoxy) is 2. The first-order valence-corrected chi connectivity index (χ1v) is 7.02. The number of halogens is 1. The van der Waals surface area contributed by atoms with E-state index in [0.717, 1.165) is 30.4 Å². The average molecular weight is 299 g/mol. The SMILES string of the molecule is CCc1c(C2(CC(=O)O)CC2)cc(Cl)c(OC)c1OC. The molecule has 0 heterocycles. The Bertz CT molecular complexity index is 535. The van der Waals surface area contributed by atoms with Crippen molar-refractivity contribution >= 4 is 17.6 Å². The highest BCUT2D eigenvalue weighted by Crippen LogP contribution is 2.55. The summed E-state index contributed by atoms with van der Waals surface area (Å²) in [5.41, 5.74) is 1.69. The normalized spacial score (nSPS) is 15.8. The van der Waals surface area contributed by atoms with E-state index in [0.29, 0.717) is 16.5 Å². The van der Waals surface area contributed by atoms with Crippen LogP contribution in [0.15, 0.2) is 6.07 Å². The molecule has 2 rings (SSSR count). The summed E-state index contributed by atoms with van der Waals surface area (Å²) in [5.74, 6) is 0.352. The number of carboxylic acids is 1. The first kappa shape index (κ1) is 15.0. The molecule has 4 nitrogen and oxygen atoms in total. The molecule has 0 unspecified atom stereocenters. The quantitative estimate of drug-likeness (QED) is 0.874. The summed E-state index contributed by atoms with van der Waals surface area (Å²) < 4.78 is 10.8. The molecular weight excluding hydrogens is 280 g/mol. The smallest absolute Gasteiger partial charge is 0.304 e. The molecule has 1 saturated carbocycles. The minimum absolute atomic E-state index is 0.131. The van der Waals surface area contributed by atoms with Gasteiger partial charge in [0.25, 0.3) is 0 Å². The van der Waals surface area contributed by atoms with E-state index in [1.807, 2.05) is 13.0 Å². The number of hydrogen-bond donors (Lipinski definition) is 1. The molecule has 0 bridgehead atoms. The second kappa shape index (κ2) is 5.52. The maximum absolute atomic E-state index is 11.1. The zero-order valence-electron chi connectivity index (χ0n) is 12.0. The third kappa shape index (κ3) is 2.44. The van der Waals surface area contributed by atoms with E-state index >= 15 is 0 Å². The third-order valence-electron chi connectivity index (χ3n) is 3.97. The van der Waals surface area contributed by atoms with Crippen molar-refractivity contribution in [3.05, 3.63) is 22.2 Å². The van der Waals surface area contributed by atoms with Crippen molar-refractivity contribution in [2.75, 3.05) is 14.2 Å². The fourth-order valence-electron chi connectivity index (χ4n) is 2.86. The molecule has 1 aliphatic rings. The number of hydrogen-bond acceptors (Lipinski definition) is 3. The summed E-state index contributed by atoms with van der Waals surface area (Å²) in [7, 11) is 3.13. The molecule has 0 aliphatic heterocycles. The Kier molecular flexibility index (Phi) is 4.14. The van der Waals surface area contributed by atoms with Crippen molar-refractivity contribution in [1.29, 1.82) is 0 Å². The van der Waals surface area contributed by atoms with Gasteiger partial charge in [-0.3, -0.25) is 4.79 Å². The van der Waals surface area contributed by atoms with Gasteiger partial charge in [-0.1, -0.05) is 18.5 Å². The molecule has 1 N–H and O–H groups in total. The van der Waals surface area contributed by atoms with Crippen LogP contribution in [0.3, 0.4) is 0 Å². The van der Waals surface area contributed by atoms with Gasteiger partial charge in [-0.2, -0.15) is 0 Å². The largest absolute Gasteiger partial charge is 0.493 e. The van der Waals surface area contributed by atoms with Crippen LogP contribution in [-0.4, -0.2) is 25.3 Å². The summed E-state index contributed by atoms with van der Waals surface area (Å²) in [6.07, 6.45) is 2.62. The molecule has 0 spiro atoms. The summed E-state index contributed by atoms with van der Waals surface area (Å²) in [4.78, 5) is 11.1. The van der Waals surface area contributed by atoms with Gasteiger partial charge in [0.05, 0.1) is 25.7 Å². The highest BCUT2D eigenvalue weighted by atomic mass is 35.5. The van der Waals surface area contributed by atoms with E-state index < -0.39 is 5.97 Å². The minimum atomic E-state index is -0.782. The summed E-state index contributed by atoms with van der Waals surface area (Å²) in [6.45, 7) is 2.02. The molecule has 110 valence electrons. The van der Waals surface area contributed by atoms with Gasteiger partial charge in [0, 0.05) is 11.0 Å². The number of methoxy groups -OCH3 is 2. The zero-order chi connectivity index (χ0) is 14.9. The molecule has 0 saturated heterocycles. The Morgan fingerprint density at radius 3 is 2.35 bits per heavy atom. The van der Waals surface area contributed by atoms with E-state index in [1.54, 1.807) is 14.2 Å². The number of carboxylic acid groups (broad SMARTS) is 1. The van der Waals surface area contributed by atoms with Crippen LogP contribution in [-0.2, 0) is 16.6 Å². The van der Waals surface area contributed by atoms with Crippen molar-refractivity contribution < 1.29 is 19.4 Å². The maximum atomic E-state index is 11.1. The van der Waals surface area contributed by atoms with Gasteiger partial charge in [0.1, 0.15) is 0 Å². The van der Waals surface area contributed by atoms with Crippen molar-refractivity contribution in [2.24, 2.45) is 0 Å². The molecule has 0 atom stereocenters. The van der Waals surface area contributed by atoms with E-state index in [2.05, 4.69) is 0 Å². The fourth-order valence-corrected chi connectivity index (χ4v) is 3.13. The molecule has 0 radical (unpaired) electrons. The average Bonchev–Trinajstić information content (AvgIpc) is 3.17. The van der Waals surface area contributed by atoms with Gasteiger partial charge in [-0.25, -0.2) is 0 Å². The Hall–Kier alpha value is -1.42.